The standard InChI is InChI=1S/C22H27BrFN6O5P/c1-13(14(2)31)11-36(33,29-9-15-4-3-6-26-8-15)34-10-17-18(32)22(23,24)21(35-17)30-7-5-16-19(25)27-12-28-20(16)30/h3-8,12-13,17-18,21,32H,9-11H2,1-2H3,(H,29,33)(H2,25,27,28)/t13-,17-,18?,21-,22-,36?/m1/s1. The summed E-state index contributed by atoms with van der Waals surface area (Å²) < 4.78 is 39.9. The Labute approximate surface area is 215 Å². The van der Waals surface area contributed by atoms with E-state index in [-0.39, 0.29) is 24.3 Å². The number of nitrogen functional groups attached to an aromatic ring is 1. The van der Waals surface area contributed by atoms with Crippen molar-refractivity contribution in [1.29, 1.82) is 0 Å². The van der Waals surface area contributed by atoms with Gasteiger partial charge in [-0.1, -0.05) is 13.0 Å². The molecule has 0 aliphatic carbocycles. The maximum absolute atomic E-state index is 15.7. The molecule has 2 unspecified atom stereocenters. The van der Waals surface area contributed by atoms with Gasteiger partial charge in [0, 0.05) is 37.2 Å². The Morgan fingerprint density at radius 2 is 2.25 bits per heavy atom. The molecule has 4 N–H and O–H groups in total. The first-order valence-corrected chi connectivity index (χ1v) is 13.8. The highest BCUT2D eigenvalue weighted by Crippen LogP contribution is 2.50. The molecule has 3 aromatic heterocycles. The quantitative estimate of drug-likeness (QED) is 0.239. The van der Waals surface area contributed by atoms with Gasteiger partial charge in [0.1, 0.15) is 35.8 Å². The number of ketones is 1. The number of aliphatic hydroxyl groups excluding tert-OH is 1. The topological polar surface area (TPSA) is 154 Å². The molecule has 1 fully saturated rings. The molecular formula is C22H27BrFN6O5P. The maximum Gasteiger partial charge on any atom is 0.270 e. The second-order valence-corrected chi connectivity index (χ2v) is 12.2. The number of nitrogens with one attached hydrogen (secondary N) is 1. The molecule has 4 heterocycles. The number of aromatic nitrogens is 4. The summed E-state index contributed by atoms with van der Waals surface area (Å²) in [7, 11) is -3.61. The van der Waals surface area contributed by atoms with Crippen LogP contribution >= 0.6 is 23.4 Å². The predicted octanol–water partition coefficient (Wildman–Crippen LogP) is 2.95. The molecule has 1 saturated heterocycles. The zero-order chi connectivity index (χ0) is 26.1. The molecule has 0 saturated carbocycles. The minimum absolute atomic E-state index is 0.0810. The van der Waals surface area contributed by atoms with Gasteiger partial charge in [-0.15, -0.1) is 0 Å². The molecule has 6 atom stereocenters. The SMILES string of the molecule is CC(=O)[C@H](C)CP(=O)(NCc1cccnc1)OC[C@H]1O[C@@H](n2ccc3c(N)ncnc32)[C@@](F)(Br)C1O. The fourth-order valence-corrected chi connectivity index (χ4v) is 6.58. The van der Waals surface area contributed by atoms with Gasteiger partial charge in [0.05, 0.1) is 12.0 Å². The monoisotopic (exact) mass is 584 g/mol. The molecule has 194 valence electrons. The Morgan fingerprint density at radius 3 is 2.94 bits per heavy atom. The Hall–Kier alpha value is -2.28. The number of nitrogens with zero attached hydrogens (tertiary/aromatic N) is 4. The summed E-state index contributed by atoms with van der Waals surface area (Å²) in [5, 5.41) is 14.1. The van der Waals surface area contributed by atoms with Gasteiger partial charge in [-0.3, -0.25) is 14.3 Å². The van der Waals surface area contributed by atoms with E-state index in [0.717, 1.165) is 5.56 Å². The van der Waals surface area contributed by atoms with Crippen LogP contribution < -0.4 is 10.8 Å². The van der Waals surface area contributed by atoms with Crippen LogP contribution in [-0.2, 0) is 25.2 Å². The van der Waals surface area contributed by atoms with Gasteiger partial charge in [-0.05, 0) is 40.5 Å². The van der Waals surface area contributed by atoms with Crippen LogP contribution in [0.2, 0.25) is 0 Å². The molecule has 0 aromatic carbocycles. The summed E-state index contributed by atoms with van der Waals surface area (Å²) in [5.41, 5.74) is 6.95. The summed E-state index contributed by atoms with van der Waals surface area (Å²) >= 11 is 2.95. The smallest absolute Gasteiger partial charge is 0.270 e. The number of halogens is 2. The molecule has 36 heavy (non-hydrogen) atoms. The Bertz CT molecular complexity index is 1280. The Kier molecular flexibility index (Phi) is 7.89. The molecule has 14 heteroatoms. The van der Waals surface area contributed by atoms with E-state index >= 15 is 4.39 Å². The highest BCUT2D eigenvalue weighted by atomic mass is 79.9. The minimum atomic E-state index is -3.61. The number of anilines is 1. The third kappa shape index (κ3) is 5.51. The lowest BCUT2D eigenvalue weighted by atomic mass is 10.1. The van der Waals surface area contributed by atoms with E-state index in [1.807, 2.05) is 0 Å². The fraction of sp³-hybridized carbons (Fsp3) is 0.455. The van der Waals surface area contributed by atoms with Crippen molar-refractivity contribution < 1.29 is 28.1 Å². The minimum Gasteiger partial charge on any atom is -0.386 e. The number of nitrogens with two attached hydrogens (primary N) is 1. The second kappa shape index (κ2) is 10.6. The summed E-state index contributed by atoms with van der Waals surface area (Å²) in [6.07, 6.45) is 1.74. The maximum atomic E-state index is 15.7. The molecule has 0 amide bonds. The van der Waals surface area contributed by atoms with Crippen LogP contribution in [0.1, 0.15) is 25.6 Å². The van der Waals surface area contributed by atoms with Gasteiger partial charge in [-0.2, -0.15) is 0 Å². The highest BCUT2D eigenvalue weighted by molar-refractivity contribution is 9.10. The summed E-state index contributed by atoms with van der Waals surface area (Å²) in [5.74, 6) is -0.480. The predicted molar refractivity (Wildman–Crippen MR) is 134 cm³/mol. The zero-order valence-electron chi connectivity index (χ0n) is 19.6. The molecule has 0 radical (unpaired) electrons. The van der Waals surface area contributed by atoms with Crippen LogP contribution in [-0.4, -0.2) is 60.0 Å². The average Bonchev–Trinajstić information content (AvgIpc) is 3.36. The highest BCUT2D eigenvalue weighted by Gasteiger charge is 2.57. The van der Waals surface area contributed by atoms with Crippen molar-refractivity contribution in [3.63, 3.8) is 0 Å². The third-order valence-electron chi connectivity index (χ3n) is 6.07. The first-order chi connectivity index (χ1) is 17.0. The van der Waals surface area contributed by atoms with Gasteiger partial charge in [0.25, 0.3) is 7.52 Å². The normalized spacial score (nSPS) is 26.6. The van der Waals surface area contributed by atoms with Gasteiger partial charge in [0.15, 0.2) is 6.23 Å². The van der Waals surface area contributed by atoms with E-state index in [1.165, 1.54) is 24.0 Å². The summed E-state index contributed by atoms with van der Waals surface area (Å²) in [6.45, 7) is 2.84. The number of carbonyl (C=O) groups excluding carboxylic acids is 1. The number of aliphatic hydroxyl groups is 1. The number of hydrogen-bond acceptors (Lipinski definition) is 9. The summed E-state index contributed by atoms with van der Waals surface area (Å²) in [6, 6.07) is 5.16. The van der Waals surface area contributed by atoms with E-state index in [4.69, 9.17) is 15.0 Å². The molecule has 4 rings (SSSR count). The third-order valence-corrected chi connectivity index (χ3v) is 9.17. The number of fused-ring (bicyclic) bond motifs is 1. The van der Waals surface area contributed by atoms with E-state index < -0.39 is 43.1 Å². The van der Waals surface area contributed by atoms with Crippen molar-refractivity contribution in [2.45, 2.75) is 43.4 Å². The number of rotatable bonds is 10. The van der Waals surface area contributed by atoms with Crippen LogP contribution in [0, 0.1) is 5.92 Å². The Balaban J connectivity index is 1.51. The van der Waals surface area contributed by atoms with Crippen LogP contribution in [0.4, 0.5) is 10.2 Å². The number of carbonyl (C=O) groups is 1. The van der Waals surface area contributed by atoms with Crippen molar-refractivity contribution in [2.24, 2.45) is 5.92 Å². The molecule has 0 spiro atoms. The molecule has 1 aliphatic rings. The first-order valence-electron chi connectivity index (χ1n) is 11.2. The lowest BCUT2D eigenvalue weighted by Gasteiger charge is -2.24. The van der Waals surface area contributed by atoms with Crippen LogP contribution in [0.15, 0.2) is 43.1 Å². The number of pyridine rings is 1. The molecular weight excluding hydrogens is 558 g/mol. The molecule has 0 bridgehead atoms. The van der Waals surface area contributed by atoms with Crippen LogP contribution in [0.3, 0.4) is 0 Å². The zero-order valence-corrected chi connectivity index (χ0v) is 22.1. The van der Waals surface area contributed by atoms with E-state index in [9.17, 15) is 14.5 Å². The van der Waals surface area contributed by atoms with Crippen molar-refractivity contribution >= 4 is 46.1 Å². The van der Waals surface area contributed by atoms with Gasteiger partial charge >= 0.3 is 0 Å². The number of hydrogen-bond donors (Lipinski definition) is 3. The lowest BCUT2D eigenvalue weighted by Crippen LogP contribution is -2.38. The fourth-order valence-electron chi connectivity index (χ4n) is 3.85. The lowest BCUT2D eigenvalue weighted by molar-refractivity contribution is -0.119. The first kappa shape index (κ1) is 26.8. The van der Waals surface area contributed by atoms with Crippen LogP contribution in [0.5, 0.6) is 0 Å². The van der Waals surface area contributed by atoms with Crippen molar-refractivity contribution in [3.05, 3.63) is 48.7 Å². The van der Waals surface area contributed by atoms with E-state index in [2.05, 4.69) is 36.0 Å². The van der Waals surface area contributed by atoms with Crippen molar-refractivity contribution in [3.8, 4) is 0 Å². The van der Waals surface area contributed by atoms with E-state index in [1.54, 1.807) is 37.5 Å². The Morgan fingerprint density at radius 1 is 1.47 bits per heavy atom. The largest absolute Gasteiger partial charge is 0.386 e. The van der Waals surface area contributed by atoms with Crippen molar-refractivity contribution in [2.75, 3.05) is 18.5 Å². The number of ether oxygens (including phenoxy) is 1. The molecule has 3 aromatic rings. The van der Waals surface area contributed by atoms with Crippen LogP contribution in [0.25, 0.3) is 11.0 Å². The summed E-state index contributed by atoms with van der Waals surface area (Å²) in [4.78, 5) is 23.9. The number of alkyl halides is 2. The number of Topliss-reactive ketones (excluding diaryl/α,β-unsaturated/α-hetero) is 1. The van der Waals surface area contributed by atoms with Gasteiger partial charge < -0.3 is 24.7 Å². The second-order valence-electron chi connectivity index (χ2n) is 8.73. The average molecular weight is 585 g/mol. The van der Waals surface area contributed by atoms with Crippen molar-refractivity contribution in [1.82, 2.24) is 24.6 Å². The molecule has 11 nitrogen and oxygen atoms in total. The van der Waals surface area contributed by atoms with Gasteiger partial charge in [0.2, 0.25) is 4.58 Å². The van der Waals surface area contributed by atoms with Gasteiger partial charge in [-0.25, -0.2) is 19.4 Å². The van der Waals surface area contributed by atoms with E-state index in [0.29, 0.717) is 11.0 Å². The molecule has 1 aliphatic heterocycles.